The fourth-order valence-electron chi connectivity index (χ4n) is 6.85. The normalized spacial score (nSPS) is 30.0. The predicted octanol–water partition coefficient (Wildman–Crippen LogP) is 3.81. The van der Waals surface area contributed by atoms with Crippen molar-refractivity contribution in [2.24, 2.45) is 11.8 Å². The maximum atomic E-state index is 13.6. The Balaban J connectivity index is 1.27. The van der Waals surface area contributed by atoms with E-state index >= 15 is 0 Å². The van der Waals surface area contributed by atoms with Gasteiger partial charge < -0.3 is 15.5 Å². The summed E-state index contributed by atoms with van der Waals surface area (Å²) in [5.74, 6) is 0.740. The molecule has 0 radical (unpaired) electrons. The fourth-order valence-corrected chi connectivity index (χ4v) is 6.85. The van der Waals surface area contributed by atoms with Gasteiger partial charge in [-0.3, -0.25) is 14.6 Å². The van der Waals surface area contributed by atoms with Crippen LogP contribution < -0.4 is 10.6 Å². The summed E-state index contributed by atoms with van der Waals surface area (Å²) in [6.07, 6.45) is 8.13. The molecule has 1 aliphatic heterocycles. The largest absolute Gasteiger partial charge is 0.347 e. The Labute approximate surface area is 200 Å². The molecule has 180 valence electrons. The van der Waals surface area contributed by atoms with Gasteiger partial charge in [0, 0.05) is 36.6 Å². The fraction of sp³-hybridized carbons (Fsp3) is 0.519. The summed E-state index contributed by atoms with van der Waals surface area (Å²) in [6.45, 7) is 5.66. The van der Waals surface area contributed by atoms with Crippen molar-refractivity contribution in [3.8, 4) is 0 Å². The van der Waals surface area contributed by atoms with Crippen molar-refractivity contribution in [1.29, 1.82) is 0 Å². The van der Waals surface area contributed by atoms with Crippen LogP contribution in [0.1, 0.15) is 67.4 Å². The Bertz CT molecular complexity index is 1090. The van der Waals surface area contributed by atoms with Gasteiger partial charge in [0.2, 0.25) is 5.91 Å². The average Bonchev–Trinajstić information content (AvgIpc) is 3.20. The molecule has 34 heavy (non-hydrogen) atoms. The second kappa shape index (κ2) is 8.77. The van der Waals surface area contributed by atoms with Crippen molar-refractivity contribution in [3.63, 3.8) is 0 Å². The van der Waals surface area contributed by atoms with E-state index in [9.17, 15) is 14.0 Å². The van der Waals surface area contributed by atoms with E-state index < -0.39 is 0 Å². The van der Waals surface area contributed by atoms with Crippen LogP contribution in [0.5, 0.6) is 0 Å². The van der Waals surface area contributed by atoms with Gasteiger partial charge in [-0.25, -0.2) is 4.39 Å². The number of nitrogens with one attached hydrogen (secondary N) is 2. The third kappa shape index (κ3) is 4.71. The van der Waals surface area contributed by atoms with Crippen LogP contribution in [0.25, 0.3) is 0 Å². The van der Waals surface area contributed by atoms with Crippen molar-refractivity contribution >= 4 is 11.8 Å². The highest BCUT2D eigenvalue weighted by Crippen LogP contribution is 2.49. The van der Waals surface area contributed by atoms with Gasteiger partial charge in [-0.2, -0.15) is 0 Å². The van der Waals surface area contributed by atoms with Crippen LogP contribution in [0.4, 0.5) is 4.39 Å². The number of aromatic nitrogens is 1. The van der Waals surface area contributed by atoms with Gasteiger partial charge in [-0.1, -0.05) is 13.0 Å². The molecule has 1 aromatic carbocycles. The molecule has 2 bridgehead atoms. The number of halogens is 1. The maximum absolute atomic E-state index is 13.6. The van der Waals surface area contributed by atoms with E-state index in [1.54, 1.807) is 35.5 Å². The zero-order valence-corrected chi connectivity index (χ0v) is 19.9. The van der Waals surface area contributed by atoms with Crippen LogP contribution in [0.2, 0.25) is 0 Å². The molecular formula is C27H33FN4O2. The summed E-state index contributed by atoms with van der Waals surface area (Å²) in [5, 5.41) is 6.94. The summed E-state index contributed by atoms with van der Waals surface area (Å²) < 4.78 is 13.6. The number of pyridine rings is 1. The van der Waals surface area contributed by atoms with E-state index in [1.165, 1.54) is 12.1 Å². The van der Waals surface area contributed by atoms with E-state index in [1.807, 2.05) is 0 Å². The minimum absolute atomic E-state index is 0.0347. The van der Waals surface area contributed by atoms with Crippen LogP contribution in [0.3, 0.4) is 0 Å². The van der Waals surface area contributed by atoms with Crippen molar-refractivity contribution in [2.75, 3.05) is 6.54 Å². The summed E-state index contributed by atoms with van der Waals surface area (Å²) in [5.41, 5.74) is 1.93. The van der Waals surface area contributed by atoms with Gasteiger partial charge in [0.25, 0.3) is 5.91 Å². The first-order valence-corrected chi connectivity index (χ1v) is 12.3. The quantitative estimate of drug-likeness (QED) is 0.706. The molecule has 4 unspecified atom stereocenters. The van der Waals surface area contributed by atoms with Gasteiger partial charge in [0.15, 0.2) is 0 Å². The Hall–Kier alpha value is -2.80. The summed E-state index contributed by atoms with van der Waals surface area (Å²) >= 11 is 0. The highest BCUT2D eigenvalue weighted by atomic mass is 19.1. The second-order valence-corrected chi connectivity index (χ2v) is 11.0. The van der Waals surface area contributed by atoms with E-state index in [0.717, 1.165) is 43.2 Å². The van der Waals surface area contributed by atoms with Crippen LogP contribution in [0, 0.1) is 17.7 Å². The number of amides is 2. The average molecular weight is 465 g/mol. The van der Waals surface area contributed by atoms with Crippen LogP contribution in [-0.2, 0) is 17.9 Å². The third-order valence-corrected chi connectivity index (χ3v) is 7.82. The molecule has 0 spiro atoms. The summed E-state index contributed by atoms with van der Waals surface area (Å²) in [4.78, 5) is 31.9. The Morgan fingerprint density at radius 2 is 2.00 bits per heavy atom. The van der Waals surface area contributed by atoms with E-state index in [2.05, 4.69) is 29.5 Å². The first-order chi connectivity index (χ1) is 16.2. The molecule has 0 saturated heterocycles. The molecule has 2 fully saturated rings. The zero-order valence-electron chi connectivity index (χ0n) is 19.9. The molecule has 4 atom stereocenters. The predicted molar refractivity (Wildman–Crippen MR) is 127 cm³/mol. The number of carbonyl (C=O) groups is 2. The molecule has 3 aliphatic rings. The Kier molecular flexibility index (Phi) is 5.92. The number of fused-ring (bicyclic) bond motifs is 3. The van der Waals surface area contributed by atoms with Crippen molar-refractivity contribution in [3.05, 3.63) is 65.2 Å². The molecule has 2 aromatic rings. The number of benzene rings is 1. The van der Waals surface area contributed by atoms with Gasteiger partial charge in [0.1, 0.15) is 5.82 Å². The lowest BCUT2D eigenvalue weighted by Gasteiger charge is -2.55. The lowest BCUT2D eigenvalue weighted by Crippen LogP contribution is -2.64. The molecule has 2 aliphatic carbocycles. The van der Waals surface area contributed by atoms with E-state index in [0.29, 0.717) is 30.5 Å². The smallest absolute Gasteiger partial charge is 0.253 e. The van der Waals surface area contributed by atoms with Crippen LogP contribution in [0.15, 0.2) is 42.7 Å². The topological polar surface area (TPSA) is 74.3 Å². The van der Waals surface area contributed by atoms with Gasteiger partial charge in [-0.15, -0.1) is 0 Å². The van der Waals surface area contributed by atoms with Crippen LogP contribution in [-0.4, -0.2) is 39.3 Å². The van der Waals surface area contributed by atoms with Gasteiger partial charge in [0.05, 0.1) is 12.1 Å². The van der Waals surface area contributed by atoms with E-state index in [-0.39, 0.29) is 35.3 Å². The number of hydrogen-bond donors (Lipinski definition) is 2. The van der Waals surface area contributed by atoms with Crippen molar-refractivity contribution in [1.82, 2.24) is 20.5 Å². The molecular weight excluding hydrogens is 431 g/mol. The maximum Gasteiger partial charge on any atom is 0.253 e. The molecule has 2 heterocycles. The first-order valence-electron chi connectivity index (χ1n) is 12.3. The molecule has 7 heteroatoms. The van der Waals surface area contributed by atoms with Gasteiger partial charge in [-0.05, 0) is 86.3 Å². The molecule has 2 N–H and O–H groups in total. The Morgan fingerprint density at radius 1 is 1.18 bits per heavy atom. The minimum Gasteiger partial charge on any atom is -0.347 e. The second-order valence-electron chi connectivity index (χ2n) is 11.0. The highest BCUT2D eigenvalue weighted by Gasteiger charge is 2.50. The Morgan fingerprint density at radius 3 is 2.79 bits per heavy atom. The minimum atomic E-state index is -0.354. The lowest BCUT2D eigenvalue weighted by atomic mass is 9.58. The third-order valence-electron chi connectivity index (χ3n) is 7.82. The van der Waals surface area contributed by atoms with Crippen LogP contribution >= 0.6 is 0 Å². The SMILES string of the molecule is CC1CC2CC(C)(NC(=O)c3cccnc3)CC(NCC(=O)N3Cc4ccc(F)cc4C3)(C1)C2. The monoisotopic (exact) mass is 464 g/mol. The number of rotatable bonds is 5. The lowest BCUT2D eigenvalue weighted by molar-refractivity contribution is -0.131. The summed E-state index contributed by atoms with van der Waals surface area (Å²) in [7, 11) is 0. The molecule has 6 nitrogen and oxygen atoms in total. The standard InChI is InChI=1S/C27H33FN4O2/c1-18-8-19-11-26(2,31-25(34)20-4-3-7-29-13-20)17-27(10-18,12-19)30-14-24(33)32-15-21-5-6-23(28)9-22(21)16-32/h3-7,9,13,18-19,30H,8,10-12,14-17H2,1-2H3,(H,31,34). The van der Waals surface area contributed by atoms with Gasteiger partial charge >= 0.3 is 0 Å². The number of nitrogens with zero attached hydrogens (tertiary/aromatic N) is 2. The van der Waals surface area contributed by atoms with Crippen molar-refractivity contribution < 1.29 is 14.0 Å². The first kappa shape index (κ1) is 23.0. The molecule has 5 rings (SSSR count). The molecule has 1 aromatic heterocycles. The van der Waals surface area contributed by atoms with E-state index in [4.69, 9.17) is 0 Å². The number of hydrogen-bond acceptors (Lipinski definition) is 4. The highest BCUT2D eigenvalue weighted by molar-refractivity contribution is 5.94. The summed E-state index contributed by atoms with van der Waals surface area (Å²) in [6, 6.07) is 8.31. The number of carbonyl (C=O) groups excluding carboxylic acids is 2. The molecule has 2 amide bonds. The van der Waals surface area contributed by atoms with Crippen molar-refractivity contribution in [2.45, 2.75) is 70.1 Å². The molecule has 2 saturated carbocycles. The zero-order chi connectivity index (χ0) is 23.9.